The number of hydrogen-bond acceptors (Lipinski definition) is 8. The Hall–Kier alpha value is -2.71. The molecular weight excluding hydrogens is 344 g/mol. The number of rotatable bonds is 5. The summed E-state index contributed by atoms with van der Waals surface area (Å²) in [6.45, 7) is 1.62. The molecule has 0 saturated carbocycles. The largest absolute Gasteiger partial charge is 0.463 e. The van der Waals surface area contributed by atoms with Crippen molar-refractivity contribution in [2.75, 3.05) is 6.61 Å². The first-order valence-electron chi connectivity index (χ1n) is 7.89. The van der Waals surface area contributed by atoms with Crippen molar-refractivity contribution in [2.24, 2.45) is 0 Å². The van der Waals surface area contributed by atoms with Gasteiger partial charge in [0.15, 0.2) is 11.7 Å². The van der Waals surface area contributed by atoms with Gasteiger partial charge in [-0.25, -0.2) is 4.79 Å². The van der Waals surface area contributed by atoms with Gasteiger partial charge in [0, 0.05) is 13.8 Å². The first kappa shape index (κ1) is 19.6. The highest BCUT2D eigenvalue weighted by Crippen LogP contribution is 2.30. The van der Waals surface area contributed by atoms with Crippen LogP contribution >= 0.6 is 0 Å². The highest BCUT2D eigenvalue weighted by atomic mass is 16.6. The van der Waals surface area contributed by atoms with E-state index in [1.54, 1.807) is 18.2 Å². The second-order valence-corrected chi connectivity index (χ2v) is 5.87. The molecule has 26 heavy (non-hydrogen) atoms. The average molecular weight is 364 g/mol. The van der Waals surface area contributed by atoms with Crippen LogP contribution in [0.5, 0.6) is 0 Å². The van der Waals surface area contributed by atoms with Crippen LogP contribution in [0.3, 0.4) is 0 Å². The Bertz CT molecular complexity index is 698. The molecule has 1 aromatic rings. The van der Waals surface area contributed by atoms with Gasteiger partial charge in [-0.05, 0) is 24.3 Å². The van der Waals surface area contributed by atoms with E-state index in [-0.39, 0.29) is 5.56 Å². The van der Waals surface area contributed by atoms with E-state index >= 15 is 0 Å². The Kier molecular flexibility index (Phi) is 6.12. The van der Waals surface area contributed by atoms with E-state index in [1.165, 1.54) is 24.3 Å². The van der Waals surface area contributed by atoms with Crippen LogP contribution in [0, 0.1) is 0 Å². The minimum Gasteiger partial charge on any atom is -0.463 e. The van der Waals surface area contributed by atoms with Crippen LogP contribution < -0.4 is 0 Å². The predicted octanol–water partition coefficient (Wildman–Crippen LogP) is 0.369. The molecule has 0 saturated heterocycles. The summed E-state index contributed by atoms with van der Waals surface area (Å²) in [6, 6.07) is 8.06. The average Bonchev–Trinajstić information content (AvgIpc) is 2.60. The van der Waals surface area contributed by atoms with Crippen molar-refractivity contribution in [3.05, 3.63) is 48.0 Å². The summed E-state index contributed by atoms with van der Waals surface area (Å²) in [5.74, 6) is -2.11. The maximum atomic E-state index is 12.3. The van der Waals surface area contributed by atoms with E-state index in [2.05, 4.69) is 0 Å². The SMILES string of the molecule is CC(=O)OC[C@]1(O)[C@H](OC(=O)c2ccccc2)C=C[C@@H](OC(C)=O)[C@@H]1O. The molecule has 0 aromatic heterocycles. The molecule has 0 aliphatic heterocycles. The van der Waals surface area contributed by atoms with Crippen molar-refractivity contribution >= 4 is 17.9 Å². The van der Waals surface area contributed by atoms with Crippen molar-refractivity contribution in [2.45, 2.75) is 37.8 Å². The number of esters is 3. The number of aliphatic hydroxyl groups is 2. The highest BCUT2D eigenvalue weighted by Gasteiger charge is 2.52. The number of ether oxygens (including phenoxy) is 3. The number of hydrogen-bond donors (Lipinski definition) is 2. The van der Waals surface area contributed by atoms with E-state index in [1.807, 2.05) is 0 Å². The second kappa shape index (κ2) is 8.11. The van der Waals surface area contributed by atoms with Crippen molar-refractivity contribution < 1.29 is 38.8 Å². The summed E-state index contributed by atoms with van der Waals surface area (Å²) in [7, 11) is 0. The summed E-state index contributed by atoms with van der Waals surface area (Å²) in [5, 5.41) is 21.3. The zero-order chi connectivity index (χ0) is 19.3. The maximum Gasteiger partial charge on any atom is 0.338 e. The lowest BCUT2D eigenvalue weighted by molar-refractivity contribution is -0.202. The molecule has 4 atom stereocenters. The van der Waals surface area contributed by atoms with Crippen LogP contribution in [0.1, 0.15) is 24.2 Å². The number of carbonyl (C=O) groups is 3. The van der Waals surface area contributed by atoms with E-state index in [4.69, 9.17) is 14.2 Å². The van der Waals surface area contributed by atoms with Crippen LogP contribution in [-0.2, 0) is 23.8 Å². The fraction of sp³-hybridized carbons (Fsp3) is 0.389. The van der Waals surface area contributed by atoms with Gasteiger partial charge < -0.3 is 24.4 Å². The molecule has 2 rings (SSSR count). The molecule has 8 heteroatoms. The molecule has 0 fully saturated rings. The van der Waals surface area contributed by atoms with Crippen LogP contribution in [-0.4, -0.2) is 58.6 Å². The van der Waals surface area contributed by atoms with Crippen LogP contribution in [0.4, 0.5) is 0 Å². The smallest absolute Gasteiger partial charge is 0.338 e. The van der Waals surface area contributed by atoms with Crippen molar-refractivity contribution in [3.63, 3.8) is 0 Å². The summed E-state index contributed by atoms with van der Waals surface area (Å²) in [6.07, 6.45) is -1.59. The lowest BCUT2D eigenvalue weighted by Gasteiger charge is -2.41. The molecule has 140 valence electrons. The minimum absolute atomic E-state index is 0.243. The zero-order valence-electron chi connectivity index (χ0n) is 14.3. The Labute approximate surface area is 150 Å². The normalized spacial score (nSPS) is 27.5. The molecule has 0 radical (unpaired) electrons. The van der Waals surface area contributed by atoms with E-state index in [0.29, 0.717) is 0 Å². The molecule has 1 aromatic carbocycles. The third kappa shape index (κ3) is 4.47. The summed E-state index contributed by atoms with van der Waals surface area (Å²) >= 11 is 0. The highest BCUT2D eigenvalue weighted by molar-refractivity contribution is 5.89. The quantitative estimate of drug-likeness (QED) is 0.437. The number of aliphatic hydroxyl groups excluding tert-OH is 1. The molecule has 1 aliphatic carbocycles. The Balaban J connectivity index is 2.26. The van der Waals surface area contributed by atoms with Gasteiger partial charge in [-0.1, -0.05) is 18.2 Å². The third-order valence-corrected chi connectivity index (χ3v) is 3.84. The number of carbonyl (C=O) groups excluding carboxylic acids is 3. The minimum atomic E-state index is -2.19. The van der Waals surface area contributed by atoms with Gasteiger partial charge in [-0.15, -0.1) is 0 Å². The third-order valence-electron chi connectivity index (χ3n) is 3.84. The molecule has 0 heterocycles. The molecule has 1 aliphatic rings. The molecule has 0 bridgehead atoms. The predicted molar refractivity (Wildman–Crippen MR) is 87.9 cm³/mol. The monoisotopic (exact) mass is 364 g/mol. The van der Waals surface area contributed by atoms with E-state index in [0.717, 1.165) is 13.8 Å². The fourth-order valence-corrected chi connectivity index (χ4v) is 2.51. The molecule has 0 unspecified atom stereocenters. The maximum absolute atomic E-state index is 12.3. The standard InChI is InChI=1S/C18H20O8/c1-11(19)24-10-18(23)15(9-8-14(16(18)21)25-12(2)20)26-17(22)13-6-4-3-5-7-13/h3-9,14-16,21,23H,10H2,1-2H3/t14-,15-,16+,18+/m1/s1. The summed E-state index contributed by atoms with van der Waals surface area (Å²) in [5.41, 5.74) is -1.95. The first-order chi connectivity index (χ1) is 12.2. The van der Waals surface area contributed by atoms with Crippen LogP contribution in [0.25, 0.3) is 0 Å². The summed E-state index contributed by atoms with van der Waals surface area (Å²) < 4.78 is 15.0. The zero-order valence-corrected chi connectivity index (χ0v) is 14.3. The fourth-order valence-electron chi connectivity index (χ4n) is 2.51. The van der Waals surface area contributed by atoms with Crippen molar-refractivity contribution in [3.8, 4) is 0 Å². The van der Waals surface area contributed by atoms with Crippen LogP contribution in [0.15, 0.2) is 42.5 Å². The Morgan fingerprint density at radius 1 is 1.04 bits per heavy atom. The van der Waals surface area contributed by atoms with Gasteiger partial charge >= 0.3 is 17.9 Å². The molecule has 0 amide bonds. The summed E-state index contributed by atoms with van der Waals surface area (Å²) in [4.78, 5) is 34.5. The molecular formula is C18H20O8. The van der Waals surface area contributed by atoms with Crippen molar-refractivity contribution in [1.82, 2.24) is 0 Å². The van der Waals surface area contributed by atoms with Crippen molar-refractivity contribution in [1.29, 1.82) is 0 Å². The van der Waals surface area contributed by atoms with E-state index in [9.17, 15) is 24.6 Å². The second-order valence-electron chi connectivity index (χ2n) is 5.87. The van der Waals surface area contributed by atoms with Gasteiger partial charge in [0.1, 0.15) is 18.8 Å². The van der Waals surface area contributed by atoms with Gasteiger partial charge in [0.25, 0.3) is 0 Å². The Morgan fingerprint density at radius 2 is 1.69 bits per heavy atom. The molecule has 8 nitrogen and oxygen atoms in total. The van der Waals surface area contributed by atoms with E-state index < -0.39 is 48.4 Å². The lowest BCUT2D eigenvalue weighted by atomic mass is 9.82. The topological polar surface area (TPSA) is 119 Å². The van der Waals surface area contributed by atoms with Gasteiger partial charge in [0.2, 0.25) is 0 Å². The van der Waals surface area contributed by atoms with Gasteiger partial charge in [-0.3, -0.25) is 9.59 Å². The molecule has 0 spiro atoms. The van der Waals surface area contributed by atoms with Gasteiger partial charge in [-0.2, -0.15) is 0 Å². The first-order valence-corrected chi connectivity index (χ1v) is 7.89. The van der Waals surface area contributed by atoms with Gasteiger partial charge in [0.05, 0.1) is 5.56 Å². The lowest BCUT2D eigenvalue weighted by Crippen LogP contribution is -2.62. The van der Waals surface area contributed by atoms with Crippen LogP contribution in [0.2, 0.25) is 0 Å². The molecule has 2 N–H and O–H groups in total. The number of benzene rings is 1. The Morgan fingerprint density at radius 3 is 2.27 bits per heavy atom.